The molecule has 2 unspecified atom stereocenters. The fourth-order valence-corrected chi connectivity index (χ4v) is 11.0. The molecule has 0 aliphatic rings. The van der Waals surface area contributed by atoms with Crippen molar-refractivity contribution in [2.24, 2.45) is 0 Å². The third-order valence-electron chi connectivity index (χ3n) is 5.43. The molecule has 2 aromatic rings. The number of methoxy groups -OCH3 is 1. The van der Waals surface area contributed by atoms with Gasteiger partial charge in [-0.1, -0.05) is 74.3 Å². The number of benzene rings is 2. The number of aliphatic hydroxyl groups is 1. The first-order valence-corrected chi connectivity index (χ1v) is 15.6. The van der Waals surface area contributed by atoms with Gasteiger partial charge >= 0.3 is 7.60 Å². The van der Waals surface area contributed by atoms with Crippen LogP contribution in [0.2, 0.25) is 19.6 Å². The van der Waals surface area contributed by atoms with Crippen LogP contribution in [0.1, 0.15) is 31.1 Å². The van der Waals surface area contributed by atoms with Crippen LogP contribution in [0.4, 0.5) is 0 Å². The summed E-state index contributed by atoms with van der Waals surface area (Å²) in [7, 11) is -4.62. The maximum Gasteiger partial charge on any atom is 0.340 e. The molecule has 0 heterocycles. The maximum atomic E-state index is 14.4. The highest BCUT2D eigenvalue weighted by Gasteiger charge is 2.62. The minimum atomic E-state index is -3.77. The van der Waals surface area contributed by atoms with E-state index >= 15 is 0 Å². The van der Waals surface area contributed by atoms with Gasteiger partial charge in [0.2, 0.25) is 0 Å². The van der Waals surface area contributed by atoms with Crippen LogP contribution in [-0.4, -0.2) is 38.3 Å². The van der Waals surface area contributed by atoms with Gasteiger partial charge in [0.15, 0.2) is 0 Å². The molecule has 170 valence electrons. The van der Waals surface area contributed by atoms with Crippen molar-refractivity contribution in [3.63, 3.8) is 0 Å². The van der Waals surface area contributed by atoms with Crippen LogP contribution >= 0.6 is 7.60 Å². The van der Waals surface area contributed by atoms with Crippen molar-refractivity contribution in [3.05, 3.63) is 71.8 Å². The molecule has 0 amide bonds. The Morgan fingerprint density at radius 2 is 1.55 bits per heavy atom. The van der Waals surface area contributed by atoms with E-state index in [1.807, 2.05) is 42.5 Å². The highest BCUT2D eigenvalue weighted by Crippen LogP contribution is 2.68. The summed E-state index contributed by atoms with van der Waals surface area (Å²) in [5.74, 6) is 0.687. The number of hydrogen-bond acceptors (Lipinski definition) is 5. The molecule has 0 fully saturated rings. The zero-order valence-corrected chi connectivity index (χ0v) is 21.3. The molecule has 0 saturated carbocycles. The Kier molecular flexibility index (Phi) is 8.87. The van der Waals surface area contributed by atoms with Gasteiger partial charge in [-0.05, 0) is 37.1 Å². The van der Waals surface area contributed by atoms with Crippen LogP contribution in [0.15, 0.2) is 60.7 Å². The molecular formula is C24H35O5PSi. The predicted molar refractivity (Wildman–Crippen MR) is 130 cm³/mol. The number of rotatable bonds is 11. The van der Waals surface area contributed by atoms with Gasteiger partial charge in [0, 0.05) is 0 Å². The zero-order chi connectivity index (χ0) is 23.1. The summed E-state index contributed by atoms with van der Waals surface area (Å²) >= 11 is 0. The van der Waals surface area contributed by atoms with E-state index in [1.54, 1.807) is 45.2 Å². The predicted octanol–water partition coefficient (Wildman–Crippen LogP) is 6.32. The summed E-state index contributed by atoms with van der Waals surface area (Å²) in [4.78, 5) is 0. The first-order valence-electron chi connectivity index (χ1n) is 10.6. The van der Waals surface area contributed by atoms with E-state index in [9.17, 15) is 9.67 Å². The van der Waals surface area contributed by atoms with Crippen molar-refractivity contribution in [1.82, 2.24) is 0 Å². The second-order valence-corrected chi connectivity index (χ2v) is 16.3. The average molecular weight is 463 g/mol. The van der Waals surface area contributed by atoms with Crippen molar-refractivity contribution in [2.75, 3.05) is 20.3 Å². The fourth-order valence-electron chi connectivity index (χ4n) is 3.82. The van der Waals surface area contributed by atoms with Crippen LogP contribution in [-0.2, 0) is 13.6 Å². The fraction of sp³-hybridized carbons (Fsp3) is 0.417. The first kappa shape index (κ1) is 25.6. The van der Waals surface area contributed by atoms with Crippen molar-refractivity contribution < 1.29 is 23.5 Å². The normalized spacial score (nSPS) is 15.6. The second kappa shape index (κ2) is 10.8. The van der Waals surface area contributed by atoms with Gasteiger partial charge in [0.25, 0.3) is 0 Å². The Morgan fingerprint density at radius 3 is 2.00 bits per heavy atom. The van der Waals surface area contributed by atoms with Crippen molar-refractivity contribution >= 4 is 21.7 Å². The lowest BCUT2D eigenvalue weighted by Crippen LogP contribution is -2.55. The highest BCUT2D eigenvalue weighted by molar-refractivity contribution is 7.59. The summed E-state index contributed by atoms with van der Waals surface area (Å²) in [6.07, 6.45) is 2.69. The molecule has 0 bridgehead atoms. The summed E-state index contributed by atoms with van der Waals surface area (Å²) in [6, 6.07) is 17.0. The monoisotopic (exact) mass is 462 g/mol. The lowest BCUT2D eigenvalue weighted by molar-refractivity contribution is 0.136. The average Bonchev–Trinajstić information content (AvgIpc) is 2.74. The van der Waals surface area contributed by atoms with Gasteiger partial charge in [-0.15, -0.1) is 0 Å². The Hall–Kier alpha value is -1.69. The molecule has 2 aromatic carbocycles. The topological polar surface area (TPSA) is 65.0 Å². The Morgan fingerprint density at radius 1 is 1.00 bits per heavy atom. The molecule has 31 heavy (non-hydrogen) atoms. The zero-order valence-electron chi connectivity index (χ0n) is 19.4. The van der Waals surface area contributed by atoms with Gasteiger partial charge < -0.3 is 18.9 Å². The molecule has 0 radical (unpaired) electrons. The molecule has 7 heteroatoms. The van der Waals surface area contributed by atoms with E-state index in [0.29, 0.717) is 11.3 Å². The van der Waals surface area contributed by atoms with Crippen molar-refractivity contribution in [2.45, 2.75) is 44.4 Å². The molecule has 0 aromatic heterocycles. The molecule has 0 aliphatic heterocycles. The lowest BCUT2D eigenvalue weighted by atomic mass is 10.0. The van der Waals surface area contributed by atoms with E-state index in [4.69, 9.17) is 13.8 Å². The van der Waals surface area contributed by atoms with Crippen LogP contribution in [0, 0.1) is 0 Å². The summed E-state index contributed by atoms with van der Waals surface area (Å²) in [6.45, 7) is 10.3. The molecule has 1 N–H and O–H groups in total. The minimum absolute atomic E-state index is 0.220. The van der Waals surface area contributed by atoms with E-state index in [-0.39, 0.29) is 13.2 Å². The van der Waals surface area contributed by atoms with E-state index in [1.165, 1.54) is 0 Å². The third-order valence-corrected chi connectivity index (χ3v) is 13.6. The molecule has 5 nitrogen and oxygen atoms in total. The number of hydrogen-bond donors (Lipinski definition) is 1. The molecular weight excluding hydrogens is 427 g/mol. The maximum absolute atomic E-state index is 14.4. The molecule has 2 atom stereocenters. The Bertz CT molecular complexity index is 882. The van der Waals surface area contributed by atoms with E-state index < -0.39 is 26.6 Å². The van der Waals surface area contributed by atoms with E-state index in [2.05, 4.69) is 19.6 Å². The third kappa shape index (κ3) is 5.39. The molecule has 0 saturated heterocycles. The van der Waals surface area contributed by atoms with Gasteiger partial charge in [-0.2, -0.15) is 0 Å². The number of aliphatic hydroxyl groups excluding tert-OH is 1. The van der Waals surface area contributed by atoms with E-state index in [0.717, 1.165) is 5.56 Å². The SMILES string of the molecule is CCOP(=O)(OCC)C(/C=C/c1ccccc1)(C(O)c1ccc(OC)cc1)[Si](C)(C)C. The van der Waals surface area contributed by atoms with Crippen LogP contribution in [0.3, 0.4) is 0 Å². The van der Waals surface area contributed by atoms with Gasteiger partial charge in [-0.3, -0.25) is 4.57 Å². The molecule has 0 aliphatic carbocycles. The first-order chi connectivity index (χ1) is 14.6. The van der Waals surface area contributed by atoms with Crippen molar-refractivity contribution in [3.8, 4) is 5.75 Å². The standard InChI is InChI=1S/C24H35O5PSi/c1-7-28-30(26,29-8-2)24(31(4,5)6,19-18-20-12-10-9-11-13-20)23(25)21-14-16-22(27-3)17-15-21/h9-19,23,25H,7-8H2,1-6H3/b19-18+. The molecule has 2 rings (SSSR count). The molecule has 0 spiro atoms. The smallest absolute Gasteiger partial charge is 0.340 e. The quantitative estimate of drug-likeness (QED) is 0.312. The van der Waals surface area contributed by atoms with Crippen LogP contribution in [0.5, 0.6) is 5.75 Å². The van der Waals surface area contributed by atoms with Crippen molar-refractivity contribution in [1.29, 1.82) is 0 Å². The van der Waals surface area contributed by atoms with Crippen LogP contribution in [0.25, 0.3) is 6.08 Å². The van der Waals surface area contributed by atoms with Crippen LogP contribution < -0.4 is 4.74 Å². The lowest BCUT2D eigenvalue weighted by Gasteiger charge is -2.48. The summed E-state index contributed by atoms with van der Waals surface area (Å²) < 4.78 is 30.2. The van der Waals surface area contributed by atoms with Gasteiger partial charge in [0.1, 0.15) is 10.5 Å². The highest BCUT2D eigenvalue weighted by atomic mass is 31.2. The Balaban J connectivity index is 2.77. The minimum Gasteiger partial charge on any atom is -0.497 e. The van der Waals surface area contributed by atoms with Gasteiger partial charge in [-0.25, -0.2) is 0 Å². The summed E-state index contributed by atoms with van der Waals surface area (Å²) in [5, 5.41) is 11.8. The van der Waals surface area contributed by atoms with Gasteiger partial charge in [0.05, 0.1) is 34.5 Å². The Labute approximate surface area is 187 Å². The number of ether oxygens (including phenoxy) is 1. The largest absolute Gasteiger partial charge is 0.497 e. The summed E-state index contributed by atoms with van der Waals surface area (Å²) in [5.41, 5.74) is 1.59. The second-order valence-electron chi connectivity index (χ2n) is 8.33.